The average molecular weight is 316 g/mol. The van der Waals surface area contributed by atoms with Gasteiger partial charge in [0.05, 0.1) is 11.6 Å². The molecule has 5 nitrogen and oxygen atoms in total. The SMILES string of the molecule is CCn1cc(C(=O)NCCCOC(C)C)c(=O)c2ccccc21. The molecule has 0 radical (unpaired) electrons. The molecule has 124 valence electrons. The lowest BCUT2D eigenvalue weighted by atomic mass is 10.1. The van der Waals surface area contributed by atoms with Crippen LogP contribution in [-0.2, 0) is 11.3 Å². The first kappa shape index (κ1) is 17.2. The molecule has 1 amide bonds. The number of rotatable bonds is 7. The van der Waals surface area contributed by atoms with Gasteiger partial charge < -0.3 is 14.6 Å². The molecular weight excluding hydrogens is 292 g/mol. The van der Waals surface area contributed by atoms with E-state index in [-0.39, 0.29) is 23.0 Å². The van der Waals surface area contributed by atoms with E-state index in [1.807, 2.05) is 43.5 Å². The summed E-state index contributed by atoms with van der Waals surface area (Å²) in [5.74, 6) is -0.326. The summed E-state index contributed by atoms with van der Waals surface area (Å²) in [6, 6.07) is 7.36. The zero-order valence-electron chi connectivity index (χ0n) is 14.0. The van der Waals surface area contributed by atoms with Gasteiger partial charge in [-0.25, -0.2) is 0 Å². The fourth-order valence-electron chi connectivity index (χ4n) is 2.46. The summed E-state index contributed by atoms with van der Waals surface area (Å²) in [5, 5.41) is 3.37. The number of aryl methyl sites for hydroxylation is 1. The Morgan fingerprint density at radius 3 is 2.74 bits per heavy atom. The topological polar surface area (TPSA) is 60.3 Å². The summed E-state index contributed by atoms with van der Waals surface area (Å²) < 4.78 is 7.35. The molecule has 1 heterocycles. The van der Waals surface area contributed by atoms with Gasteiger partial charge in [-0.1, -0.05) is 12.1 Å². The van der Waals surface area contributed by atoms with Crippen molar-refractivity contribution in [3.63, 3.8) is 0 Å². The highest BCUT2D eigenvalue weighted by atomic mass is 16.5. The van der Waals surface area contributed by atoms with Crippen molar-refractivity contribution in [3.8, 4) is 0 Å². The first-order valence-electron chi connectivity index (χ1n) is 8.06. The molecule has 0 unspecified atom stereocenters. The van der Waals surface area contributed by atoms with E-state index in [2.05, 4.69) is 5.32 Å². The molecule has 1 aromatic carbocycles. The van der Waals surface area contributed by atoms with E-state index in [0.29, 0.717) is 25.1 Å². The van der Waals surface area contributed by atoms with Crippen molar-refractivity contribution in [2.45, 2.75) is 39.8 Å². The second-order valence-electron chi connectivity index (χ2n) is 5.70. The van der Waals surface area contributed by atoms with Crippen molar-refractivity contribution in [1.29, 1.82) is 0 Å². The van der Waals surface area contributed by atoms with E-state index in [9.17, 15) is 9.59 Å². The van der Waals surface area contributed by atoms with Crippen molar-refractivity contribution in [2.75, 3.05) is 13.2 Å². The zero-order chi connectivity index (χ0) is 16.8. The lowest BCUT2D eigenvalue weighted by Crippen LogP contribution is -2.31. The Hall–Kier alpha value is -2.14. The van der Waals surface area contributed by atoms with Crippen LogP contribution in [0.2, 0.25) is 0 Å². The number of nitrogens with zero attached hydrogens (tertiary/aromatic N) is 1. The maximum Gasteiger partial charge on any atom is 0.256 e. The third-order valence-corrected chi connectivity index (χ3v) is 3.63. The molecule has 1 N–H and O–H groups in total. The van der Waals surface area contributed by atoms with Crippen molar-refractivity contribution >= 4 is 16.8 Å². The Bertz CT molecular complexity index is 735. The first-order valence-corrected chi connectivity index (χ1v) is 8.06. The maximum absolute atomic E-state index is 12.5. The molecule has 0 saturated heterocycles. The summed E-state index contributed by atoms with van der Waals surface area (Å²) in [6.45, 7) is 7.71. The molecule has 23 heavy (non-hydrogen) atoms. The summed E-state index contributed by atoms with van der Waals surface area (Å²) in [7, 11) is 0. The van der Waals surface area contributed by atoms with Crippen LogP contribution in [0.4, 0.5) is 0 Å². The van der Waals surface area contributed by atoms with Gasteiger partial charge in [0.15, 0.2) is 0 Å². The summed E-state index contributed by atoms with van der Waals surface area (Å²) >= 11 is 0. The molecule has 0 spiro atoms. The fraction of sp³-hybridized carbons (Fsp3) is 0.444. The molecule has 2 rings (SSSR count). The minimum Gasteiger partial charge on any atom is -0.379 e. The fourth-order valence-corrected chi connectivity index (χ4v) is 2.46. The number of ether oxygens (including phenoxy) is 1. The van der Waals surface area contributed by atoms with Crippen molar-refractivity contribution < 1.29 is 9.53 Å². The number of carbonyl (C=O) groups is 1. The largest absolute Gasteiger partial charge is 0.379 e. The Labute approximate surface area is 136 Å². The second kappa shape index (κ2) is 7.92. The van der Waals surface area contributed by atoms with Gasteiger partial charge in [-0.2, -0.15) is 0 Å². The van der Waals surface area contributed by atoms with Gasteiger partial charge in [-0.15, -0.1) is 0 Å². The Morgan fingerprint density at radius 1 is 1.30 bits per heavy atom. The van der Waals surface area contributed by atoms with Crippen molar-refractivity contribution in [2.24, 2.45) is 0 Å². The van der Waals surface area contributed by atoms with Crippen LogP contribution in [0.1, 0.15) is 37.6 Å². The van der Waals surface area contributed by atoms with Gasteiger partial charge in [-0.3, -0.25) is 9.59 Å². The first-order chi connectivity index (χ1) is 11.0. The van der Waals surface area contributed by atoms with Crippen molar-refractivity contribution in [3.05, 3.63) is 46.2 Å². The molecule has 0 fully saturated rings. The van der Waals surface area contributed by atoms with E-state index >= 15 is 0 Å². The number of nitrogens with one attached hydrogen (secondary N) is 1. The van der Waals surface area contributed by atoms with Crippen LogP contribution >= 0.6 is 0 Å². The smallest absolute Gasteiger partial charge is 0.256 e. The van der Waals surface area contributed by atoms with E-state index in [1.165, 1.54) is 0 Å². The predicted octanol–water partition coefficient (Wildman–Crippen LogP) is 2.57. The highest BCUT2D eigenvalue weighted by Crippen LogP contribution is 2.11. The lowest BCUT2D eigenvalue weighted by molar-refractivity contribution is 0.0757. The van der Waals surface area contributed by atoms with Gasteiger partial charge >= 0.3 is 0 Å². The van der Waals surface area contributed by atoms with Gasteiger partial charge in [0.1, 0.15) is 5.56 Å². The molecule has 0 aliphatic carbocycles. The summed E-state index contributed by atoms with van der Waals surface area (Å²) in [5.41, 5.74) is 0.818. The second-order valence-corrected chi connectivity index (χ2v) is 5.70. The number of hydrogen-bond acceptors (Lipinski definition) is 3. The average Bonchev–Trinajstić information content (AvgIpc) is 2.54. The highest BCUT2D eigenvalue weighted by molar-refractivity contribution is 5.97. The van der Waals surface area contributed by atoms with Gasteiger partial charge in [0, 0.05) is 31.3 Å². The van der Waals surface area contributed by atoms with Crippen LogP contribution in [0, 0.1) is 0 Å². The number of amides is 1. The monoisotopic (exact) mass is 316 g/mol. The molecule has 0 aliphatic heterocycles. The number of pyridine rings is 1. The van der Waals surface area contributed by atoms with E-state index in [1.54, 1.807) is 12.3 Å². The summed E-state index contributed by atoms with van der Waals surface area (Å²) in [4.78, 5) is 24.8. The quantitative estimate of drug-likeness (QED) is 0.799. The minimum atomic E-state index is -0.326. The molecule has 0 saturated carbocycles. The van der Waals surface area contributed by atoms with Crippen LogP contribution in [0.5, 0.6) is 0 Å². The van der Waals surface area contributed by atoms with Crippen LogP contribution in [-0.4, -0.2) is 29.7 Å². The van der Waals surface area contributed by atoms with Crippen molar-refractivity contribution in [1.82, 2.24) is 9.88 Å². The molecule has 0 aliphatic rings. The molecular formula is C18H24N2O3. The highest BCUT2D eigenvalue weighted by Gasteiger charge is 2.14. The molecule has 0 bridgehead atoms. The minimum absolute atomic E-state index is 0.183. The maximum atomic E-state index is 12.5. The van der Waals surface area contributed by atoms with Crippen LogP contribution < -0.4 is 10.7 Å². The van der Waals surface area contributed by atoms with Gasteiger partial charge in [0.2, 0.25) is 5.43 Å². The van der Waals surface area contributed by atoms with Gasteiger partial charge in [-0.05, 0) is 39.3 Å². The number of carbonyl (C=O) groups excluding carboxylic acids is 1. The van der Waals surface area contributed by atoms with Crippen LogP contribution in [0.15, 0.2) is 35.3 Å². The Balaban J connectivity index is 2.14. The number of hydrogen-bond donors (Lipinski definition) is 1. The molecule has 5 heteroatoms. The van der Waals surface area contributed by atoms with Gasteiger partial charge in [0.25, 0.3) is 5.91 Å². The molecule has 1 aromatic heterocycles. The van der Waals surface area contributed by atoms with Crippen LogP contribution in [0.25, 0.3) is 10.9 Å². The number of fused-ring (bicyclic) bond motifs is 1. The predicted molar refractivity (Wildman–Crippen MR) is 91.9 cm³/mol. The Kier molecular flexibility index (Phi) is 5.93. The number of aromatic nitrogens is 1. The lowest BCUT2D eigenvalue weighted by Gasteiger charge is -2.12. The van der Waals surface area contributed by atoms with Crippen LogP contribution in [0.3, 0.4) is 0 Å². The standard InChI is InChI=1S/C18H24N2O3/c1-4-20-12-15(17(21)14-8-5-6-9-16(14)20)18(22)19-10-7-11-23-13(2)3/h5-6,8-9,12-13H,4,7,10-11H2,1-3H3,(H,19,22). The normalized spacial score (nSPS) is 11.1. The third kappa shape index (κ3) is 4.20. The molecule has 2 aromatic rings. The number of benzene rings is 1. The summed E-state index contributed by atoms with van der Waals surface area (Å²) in [6.07, 6.45) is 2.55. The van der Waals surface area contributed by atoms with E-state index in [0.717, 1.165) is 11.9 Å². The molecule has 0 atom stereocenters. The number of para-hydroxylation sites is 1. The van der Waals surface area contributed by atoms with E-state index in [4.69, 9.17) is 4.74 Å². The third-order valence-electron chi connectivity index (χ3n) is 3.63. The van der Waals surface area contributed by atoms with E-state index < -0.39 is 0 Å². The Morgan fingerprint density at radius 2 is 2.04 bits per heavy atom. The zero-order valence-corrected chi connectivity index (χ0v) is 14.0.